The molecule has 1 atom stereocenters. The molecule has 2 aromatic rings. The number of nitrogens with two attached hydrogens (primary N) is 1. The van der Waals surface area contributed by atoms with Crippen LogP contribution in [0.25, 0.3) is 0 Å². The van der Waals surface area contributed by atoms with Crippen molar-refractivity contribution in [3.63, 3.8) is 0 Å². The van der Waals surface area contributed by atoms with Gasteiger partial charge in [0.05, 0.1) is 5.69 Å². The van der Waals surface area contributed by atoms with Gasteiger partial charge < -0.3 is 30.1 Å². The second kappa shape index (κ2) is 8.52. The highest BCUT2D eigenvalue weighted by molar-refractivity contribution is 5.95. The Kier molecular flexibility index (Phi) is 5.92. The van der Waals surface area contributed by atoms with E-state index in [0.717, 1.165) is 31.7 Å². The van der Waals surface area contributed by atoms with Gasteiger partial charge in [-0.1, -0.05) is 6.07 Å². The Bertz CT molecular complexity index is 978. The molecule has 0 bridgehead atoms. The van der Waals surface area contributed by atoms with Crippen molar-refractivity contribution in [2.24, 2.45) is 11.7 Å². The van der Waals surface area contributed by atoms with Crippen LogP contribution in [0, 0.1) is 5.92 Å². The van der Waals surface area contributed by atoms with Crippen LogP contribution in [0.4, 0.5) is 11.4 Å². The molecule has 2 heterocycles. The molecule has 1 saturated heterocycles. The fourth-order valence-electron chi connectivity index (χ4n) is 4.07. The van der Waals surface area contributed by atoms with Crippen molar-refractivity contribution in [3.8, 4) is 11.5 Å². The van der Waals surface area contributed by atoms with E-state index in [4.69, 9.17) is 15.2 Å². The van der Waals surface area contributed by atoms with E-state index in [0.29, 0.717) is 29.5 Å². The molecule has 2 aliphatic rings. The number of rotatable bonds is 5. The van der Waals surface area contributed by atoms with Crippen LogP contribution in [-0.4, -0.2) is 42.3 Å². The Labute approximate surface area is 188 Å². The van der Waals surface area contributed by atoms with E-state index < -0.39 is 6.03 Å². The number of amides is 1. The van der Waals surface area contributed by atoms with Gasteiger partial charge in [-0.15, -0.1) is 0 Å². The molecule has 8 heteroatoms. The summed E-state index contributed by atoms with van der Waals surface area (Å²) in [6.07, 6.45) is 2.00. The molecule has 2 aliphatic heterocycles. The lowest BCUT2D eigenvalue weighted by Crippen LogP contribution is -2.49. The summed E-state index contributed by atoms with van der Waals surface area (Å²) in [5.41, 5.74) is 7.47. The van der Waals surface area contributed by atoms with E-state index in [9.17, 15) is 9.90 Å². The van der Waals surface area contributed by atoms with E-state index in [1.54, 1.807) is 18.2 Å². The number of fused-ring (bicyclic) bond motifs is 1. The van der Waals surface area contributed by atoms with E-state index in [-0.39, 0.29) is 11.5 Å². The Morgan fingerprint density at radius 2 is 2.03 bits per heavy atom. The zero-order chi connectivity index (χ0) is 22.9. The summed E-state index contributed by atoms with van der Waals surface area (Å²) in [6.45, 7) is 8.63. The number of nitrogens with one attached hydrogen (secondary N) is 2. The van der Waals surface area contributed by atoms with Gasteiger partial charge in [-0.2, -0.15) is 0 Å². The second-order valence-corrected chi connectivity index (χ2v) is 9.49. The van der Waals surface area contributed by atoms with Crippen LogP contribution in [0.5, 0.6) is 11.5 Å². The molecule has 1 unspecified atom stereocenters. The minimum atomic E-state index is -1.94. The third kappa shape index (κ3) is 5.44. The third-order valence-corrected chi connectivity index (χ3v) is 5.60. The van der Waals surface area contributed by atoms with Crippen LogP contribution in [-0.2, 0) is 0 Å². The Balaban J connectivity index is 1.27. The smallest absolute Gasteiger partial charge is 0.354 e. The highest BCUT2D eigenvalue weighted by Gasteiger charge is 2.33. The first kappa shape index (κ1) is 22.2. The molecular formula is C24H32N4O4. The van der Waals surface area contributed by atoms with Gasteiger partial charge in [-0.05, 0) is 69.9 Å². The quantitative estimate of drug-likeness (QED) is 0.529. The molecule has 0 saturated carbocycles. The number of benzene rings is 2. The molecule has 0 spiro atoms. The molecule has 1 fully saturated rings. The zero-order valence-electron chi connectivity index (χ0n) is 18.9. The number of nitrogens with zero attached hydrogens (tertiary/aromatic N) is 1. The molecule has 0 radical (unpaired) electrons. The summed E-state index contributed by atoms with van der Waals surface area (Å²) < 4.78 is 11.2. The van der Waals surface area contributed by atoms with Gasteiger partial charge in [0, 0.05) is 37.0 Å². The fraction of sp³-hybridized carbons (Fsp3) is 0.458. The monoisotopic (exact) mass is 440 g/mol. The Morgan fingerprint density at radius 1 is 1.28 bits per heavy atom. The van der Waals surface area contributed by atoms with Crippen LogP contribution < -0.4 is 30.7 Å². The molecule has 1 amide bonds. The van der Waals surface area contributed by atoms with Crippen LogP contribution in [0.1, 0.15) is 44.0 Å². The number of carbonyl (C=O) groups excluding carboxylic acids is 1. The molecule has 32 heavy (non-hydrogen) atoms. The number of carbonyl (C=O) groups is 1. The minimum Gasteiger partial charge on any atom is -0.488 e. The highest BCUT2D eigenvalue weighted by Crippen LogP contribution is 2.34. The van der Waals surface area contributed by atoms with E-state index in [1.807, 2.05) is 32.9 Å². The molecule has 172 valence electrons. The number of anilines is 2. The summed E-state index contributed by atoms with van der Waals surface area (Å²) in [5.74, 6) is 1.49. The van der Waals surface area contributed by atoms with Crippen molar-refractivity contribution in [3.05, 3.63) is 48.0 Å². The van der Waals surface area contributed by atoms with Crippen molar-refractivity contribution >= 4 is 17.3 Å². The van der Waals surface area contributed by atoms with Gasteiger partial charge in [0.15, 0.2) is 5.75 Å². The first-order valence-corrected chi connectivity index (χ1v) is 11.0. The average Bonchev–Trinajstić information content (AvgIpc) is 3.04. The minimum absolute atomic E-state index is 0.168. The lowest BCUT2D eigenvalue weighted by molar-refractivity contribution is -0.0945. The van der Waals surface area contributed by atoms with Crippen molar-refractivity contribution in [2.45, 2.75) is 45.2 Å². The van der Waals surface area contributed by atoms with Crippen molar-refractivity contribution in [1.82, 2.24) is 5.32 Å². The molecule has 8 nitrogen and oxygen atoms in total. The Morgan fingerprint density at radius 3 is 2.75 bits per heavy atom. The van der Waals surface area contributed by atoms with Crippen LogP contribution >= 0.6 is 0 Å². The average molecular weight is 441 g/mol. The lowest BCUT2D eigenvalue weighted by atomic mass is 9.96. The largest absolute Gasteiger partial charge is 0.488 e. The normalized spacial score (nSPS) is 20.8. The molecule has 5 N–H and O–H groups in total. The molecular weight excluding hydrogens is 408 g/mol. The first-order valence-electron chi connectivity index (χ1n) is 11.0. The van der Waals surface area contributed by atoms with Crippen molar-refractivity contribution in [2.75, 3.05) is 29.9 Å². The number of piperidine rings is 1. The Hall–Kier alpha value is -2.97. The second-order valence-electron chi connectivity index (χ2n) is 9.49. The van der Waals surface area contributed by atoms with Crippen LogP contribution in [0.3, 0.4) is 0 Å². The maximum atomic E-state index is 12.6. The third-order valence-electron chi connectivity index (χ3n) is 5.60. The summed E-state index contributed by atoms with van der Waals surface area (Å²) in [4.78, 5) is 14.9. The van der Waals surface area contributed by atoms with Crippen molar-refractivity contribution in [1.29, 1.82) is 0 Å². The van der Waals surface area contributed by atoms with Gasteiger partial charge in [-0.25, -0.2) is 5.73 Å². The van der Waals surface area contributed by atoms with E-state index in [2.05, 4.69) is 27.7 Å². The number of aliphatic hydroxyl groups is 1. The fourth-order valence-corrected chi connectivity index (χ4v) is 4.07. The van der Waals surface area contributed by atoms with E-state index >= 15 is 0 Å². The number of hydrogen-bond acceptors (Lipinski definition) is 7. The number of ether oxygens (including phenoxy) is 2. The van der Waals surface area contributed by atoms with Crippen LogP contribution in [0.2, 0.25) is 0 Å². The summed E-state index contributed by atoms with van der Waals surface area (Å²) in [5, 5.41) is 15.4. The summed E-state index contributed by atoms with van der Waals surface area (Å²) in [6, 6.07) is 11.2. The van der Waals surface area contributed by atoms with Crippen molar-refractivity contribution < 1.29 is 19.4 Å². The van der Waals surface area contributed by atoms with Crippen LogP contribution in [0.15, 0.2) is 42.5 Å². The maximum absolute atomic E-state index is 12.6. The topological polar surface area (TPSA) is 109 Å². The SMILES string of the molecule is CC(C)(C)Oc1cccc(N2CCC(CNC(=O)c3ccc4c(c3)OC(N)(O)N4)CC2)c1. The predicted octanol–water partition coefficient (Wildman–Crippen LogP) is 2.88. The summed E-state index contributed by atoms with van der Waals surface area (Å²) in [7, 11) is 0. The molecule has 0 aromatic heterocycles. The summed E-state index contributed by atoms with van der Waals surface area (Å²) >= 11 is 0. The molecule has 0 aliphatic carbocycles. The van der Waals surface area contributed by atoms with Gasteiger partial charge in [-0.3, -0.25) is 4.79 Å². The maximum Gasteiger partial charge on any atom is 0.354 e. The molecule has 4 rings (SSSR count). The predicted molar refractivity (Wildman–Crippen MR) is 124 cm³/mol. The molecule has 2 aromatic carbocycles. The van der Waals surface area contributed by atoms with Gasteiger partial charge in [0.25, 0.3) is 5.91 Å². The van der Waals surface area contributed by atoms with Gasteiger partial charge >= 0.3 is 6.03 Å². The van der Waals surface area contributed by atoms with Gasteiger partial charge in [0.2, 0.25) is 0 Å². The number of hydrogen-bond donors (Lipinski definition) is 4. The van der Waals surface area contributed by atoms with Gasteiger partial charge in [0.1, 0.15) is 11.4 Å². The first-order chi connectivity index (χ1) is 15.1. The van der Waals surface area contributed by atoms with E-state index in [1.165, 1.54) is 5.69 Å². The highest BCUT2D eigenvalue weighted by atomic mass is 16.7. The lowest BCUT2D eigenvalue weighted by Gasteiger charge is -2.34. The zero-order valence-corrected chi connectivity index (χ0v) is 18.9. The standard InChI is InChI=1S/C24H32N4O4/c1-23(2,3)31-19-6-4-5-18(14-19)28-11-9-16(10-12-28)15-26-22(29)17-7-8-20-21(13-17)32-24(25,30)27-20/h4-8,13-14,16,27,30H,9-12,15,25H2,1-3H3,(H,26,29).